The van der Waals surface area contributed by atoms with Crippen LogP contribution in [0.15, 0.2) is 66.7 Å². The van der Waals surface area contributed by atoms with E-state index in [2.05, 4.69) is 66.4 Å². The third-order valence-electron chi connectivity index (χ3n) is 7.52. The molecule has 2 aliphatic rings. The van der Waals surface area contributed by atoms with E-state index in [9.17, 15) is 4.39 Å². The summed E-state index contributed by atoms with van der Waals surface area (Å²) >= 11 is 13.0. The second kappa shape index (κ2) is 10.9. The van der Waals surface area contributed by atoms with Gasteiger partial charge in [0.25, 0.3) is 0 Å². The van der Waals surface area contributed by atoms with Crippen molar-refractivity contribution in [3.63, 3.8) is 0 Å². The average molecular weight is 509 g/mol. The molecule has 4 heteroatoms. The van der Waals surface area contributed by atoms with E-state index < -0.39 is 0 Å². The summed E-state index contributed by atoms with van der Waals surface area (Å²) in [5.74, 6) is 1.03. The molecule has 0 spiro atoms. The third-order valence-corrected chi connectivity index (χ3v) is 8.07. The van der Waals surface area contributed by atoms with Crippen molar-refractivity contribution in [3.05, 3.63) is 105 Å². The van der Waals surface area contributed by atoms with E-state index in [0.29, 0.717) is 28.3 Å². The number of hydrogen-bond donors (Lipinski definition) is 0. The Labute approximate surface area is 218 Å². The van der Waals surface area contributed by atoms with Crippen molar-refractivity contribution in [2.45, 2.75) is 32.6 Å². The Balaban J connectivity index is 1.50. The number of nitrogens with zero attached hydrogens (tertiary/aromatic N) is 1. The number of alkyl halides is 1. The summed E-state index contributed by atoms with van der Waals surface area (Å²) in [6.07, 6.45) is 3.85. The van der Waals surface area contributed by atoms with Crippen LogP contribution in [0.2, 0.25) is 10.0 Å². The van der Waals surface area contributed by atoms with Gasteiger partial charge in [0.1, 0.15) is 0 Å². The van der Waals surface area contributed by atoms with Crippen LogP contribution in [0.25, 0.3) is 11.1 Å². The highest BCUT2D eigenvalue weighted by Crippen LogP contribution is 2.44. The second-order valence-corrected chi connectivity index (χ2v) is 10.9. The maximum atomic E-state index is 12.4. The second-order valence-electron chi connectivity index (χ2n) is 10.1. The first-order chi connectivity index (χ1) is 17.0. The number of aryl methyl sites for hydroxylation is 1. The van der Waals surface area contributed by atoms with Crippen LogP contribution in [-0.4, -0.2) is 31.2 Å². The molecular weight excluding hydrogens is 476 g/mol. The van der Waals surface area contributed by atoms with E-state index in [1.54, 1.807) is 0 Å². The maximum absolute atomic E-state index is 12.4. The maximum Gasteiger partial charge on any atom is 0.0906 e. The Morgan fingerprint density at radius 1 is 0.943 bits per heavy atom. The van der Waals surface area contributed by atoms with Gasteiger partial charge in [-0.2, -0.15) is 0 Å². The summed E-state index contributed by atoms with van der Waals surface area (Å²) in [6, 6.07) is 23.8. The Hall–Kier alpha value is -2.13. The molecule has 1 heterocycles. The first-order valence-electron chi connectivity index (χ1n) is 12.7. The predicted octanol–water partition coefficient (Wildman–Crippen LogP) is 8.37. The van der Waals surface area contributed by atoms with Crippen molar-refractivity contribution in [2.24, 2.45) is 11.8 Å². The minimum Gasteiger partial charge on any atom is -0.303 e. The number of allylic oxidation sites excluding steroid dienone is 1. The van der Waals surface area contributed by atoms with Crippen LogP contribution >= 0.6 is 23.2 Å². The van der Waals surface area contributed by atoms with Crippen molar-refractivity contribution in [3.8, 4) is 0 Å². The van der Waals surface area contributed by atoms with E-state index in [0.717, 1.165) is 44.5 Å². The molecule has 1 fully saturated rings. The first-order valence-corrected chi connectivity index (χ1v) is 13.4. The summed E-state index contributed by atoms with van der Waals surface area (Å²) in [5, 5.41) is 1.36. The van der Waals surface area contributed by atoms with Gasteiger partial charge in [-0.25, -0.2) is 0 Å². The van der Waals surface area contributed by atoms with Gasteiger partial charge in [0.15, 0.2) is 0 Å². The lowest BCUT2D eigenvalue weighted by Gasteiger charge is -2.39. The molecule has 1 unspecified atom stereocenters. The zero-order valence-electron chi connectivity index (χ0n) is 20.2. The number of rotatable bonds is 7. The molecule has 3 aromatic carbocycles. The summed E-state index contributed by atoms with van der Waals surface area (Å²) in [7, 11) is 0. The van der Waals surface area contributed by atoms with E-state index in [4.69, 9.17) is 23.2 Å². The van der Waals surface area contributed by atoms with Gasteiger partial charge in [0.2, 0.25) is 0 Å². The molecule has 1 nitrogen and oxygen atoms in total. The van der Waals surface area contributed by atoms with E-state index in [-0.39, 0.29) is 6.67 Å². The molecule has 0 N–H and O–H groups in total. The smallest absolute Gasteiger partial charge is 0.0906 e. The molecule has 0 radical (unpaired) electrons. The van der Waals surface area contributed by atoms with E-state index in [1.165, 1.54) is 33.4 Å². The van der Waals surface area contributed by atoms with Crippen LogP contribution in [0.1, 0.15) is 47.6 Å². The van der Waals surface area contributed by atoms with Crippen LogP contribution in [0.5, 0.6) is 0 Å². The van der Waals surface area contributed by atoms with Gasteiger partial charge in [-0.3, -0.25) is 4.39 Å². The van der Waals surface area contributed by atoms with Crippen LogP contribution in [0.4, 0.5) is 4.39 Å². The molecular formula is C31H32Cl2FN. The van der Waals surface area contributed by atoms with Crippen molar-refractivity contribution < 1.29 is 4.39 Å². The van der Waals surface area contributed by atoms with Gasteiger partial charge < -0.3 is 4.90 Å². The number of fused-ring (bicyclic) bond motifs is 1. The number of hydrogen-bond acceptors (Lipinski definition) is 1. The minimum atomic E-state index is -0.219. The van der Waals surface area contributed by atoms with Crippen LogP contribution in [-0.2, 0) is 12.8 Å². The molecule has 182 valence electrons. The highest BCUT2D eigenvalue weighted by atomic mass is 35.5. The lowest BCUT2D eigenvalue weighted by atomic mass is 9.83. The zero-order valence-corrected chi connectivity index (χ0v) is 21.8. The molecule has 5 rings (SSSR count). The number of likely N-dealkylation sites (tertiary alicyclic amines) is 1. The fourth-order valence-corrected chi connectivity index (χ4v) is 6.23. The standard InChI is InChI=1S/C31H32Cl2FN/c1-21-7-10-24-5-2-3-6-27(24)31(30(21)28-14-13-26(32)18-29(28)33)25-11-8-22(9-12-25)17-23-19-35(20-23)16-4-15-34/h2-3,5-6,8-9,11-14,18,21,23H,4,7,10,15-17,19-20H2,1H3. The molecule has 1 atom stereocenters. The Bertz CT molecular complexity index is 1210. The monoisotopic (exact) mass is 507 g/mol. The molecule has 0 aromatic heterocycles. The van der Waals surface area contributed by atoms with Gasteiger partial charge in [0, 0.05) is 29.7 Å². The van der Waals surface area contributed by atoms with Gasteiger partial charge in [-0.15, -0.1) is 0 Å². The zero-order chi connectivity index (χ0) is 24.4. The predicted molar refractivity (Wildman–Crippen MR) is 147 cm³/mol. The molecule has 0 bridgehead atoms. The molecule has 35 heavy (non-hydrogen) atoms. The first kappa shape index (κ1) is 24.6. The summed E-state index contributed by atoms with van der Waals surface area (Å²) in [5.41, 5.74) is 8.94. The highest BCUT2D eigenvalue weighted by molar-refractivity contribution is 6.36. The lowest BCUT2D eigenvalue weighted by molar-refractivity contribution is 0.0968. The molecule has 1 saturated heterocycles. The summed E-state index contributed by atoms with van der Waals surface area (Å²) in [6.45, 7) is 5.14. The SMILES string of the molecule is CC1CCc2ccccc2C(c2ccc(CC3CN(CCCF)C3)cc2)=C1c1ccc(Cl)cc1Cl. The summed E-state index contributed by atoms with van der Waals surface area (Å²) in [4.78, 5) is 2.36. The average Bonchev–Trinajstić information content (AvgIpc) is 2.98. The van der Waals surface area contributed by atoms with E-state index >= 15 is 0 Å². The molecule has 1 aliphatic carbocycles. The van der Waals surface area contributed by atoms with Gasteiger partial charge >= 0.3 is 0 Å². The summed E-state index contributed by atoms with van der Waals surface area (Å²) < 4.78 is 12.4. The largest absolute Gasteiger partial charge is 0.303 e. The highest BCUT2D eigenvalue weighted by Gasteiger charge is 2.27. The number of halogens is 3. The quantitative estimate of drug-likeness (QED) is 0.310. The fourth-order valence-electron chi connectivity index (χ4n) is 5.72. The van der Waals surface area contributed by atoms with Crippen molar-refractivity contribution >= 4 is 34.3 Å². The normalized spacial score (nSPS) is 18.8. The van der Waals surface area contributed by atoms with Crippen molar-refractivity contribution in [1.82, 2.24) is 4.90 Å². The van der Waals surface area contributed by atoms with E-state index in [1.807, 2.05) is 12.1 Å². The Morgan fingerprint density at radius 3 is 2.46 bits per heavy atom. The minimum absolute atomic E-state index is 0.219. The number of benzene rings is 3. The topological polar surface area (TPSA) is 3.24 Å². The van der Waals surface area contributed by atoms with Gasteiger partial charge in [-0.05, 0) is 88.6 Å². The third kappa shape index (κ3) is 5.35. The molecule has 1 aliphatic heterocycles. The van der Waals surface area contributed by atoms with Crippen LogP contribution in [0.3, 0.4) is 0 Å². The Kier molecular flexibility index (Phi) is 7.62. The van der Waals surface area contributed by atoms with Crippen LogP contribution < -0.4 is 0 Å². The van der Waals surface area contributed by atoms with Gasteiger partial charge in [-0.1, -0.05) is 84.7 Å². The van der Waals surface area contributed by atoms with Crippen molar-refractivity contribution in [1.29, 1.82) is 0 Å². The van der Waals surface area contributed by atoms with Crippen molar-refractivity contribution in [2.75, 3.05) is 26.3 Å². The van der Waals surface area contributed by atoms with Gasteiger partial charge in [0.05, 0.1) is 6.67 Å². The van der Waals surface area contributed by atoms with Crippen LogP contribution in [0, 0.1) is 11.8 Å². The lowest BCUT2D eigenvalue weighted by Crippen LogP contribution is -2.47. The Morgan fingerprint density at radius 2 is 1.71 bits per heavy atom. The molecule has 0 amide bonds. The fraction of sp³-hybridized carbons (Fsp3) is 0.355. The molecule has 0 saturated carbocycles. The molecule has 3 aromatic rings.